The number of ether oxygens (including phenoxy) is 2. The van der Waals surface area contributed by atoms with Gasteiger partial charge in [0.2, 0.25) is 11.8 Å². The Balaban J connectivity index is 1.03. The molecule has 1 saturated carbocycles. The Kier molecular flexibility index (Phi) is 6.86. The Morgan fingerprint density at radius 1 is 1.09 bits per heavy atom. The van der Waals surface area contributed by atoms with E-state index in [1.54, 1.807) is 24.5 Å². The molecule has 2 aromatic heterocycles. The van der Waals surface area contributed by atoms with Gasteiger partial charge in [0, 0.05) is 74.2 Å². The molecule has 0 radical (unpaired) electrons. The molecule has 11 heteroatoms. The monoisotopic (exact) mass is 637 g/mol. The van der Waals surface area contributed by atoms with Gasteiger partial charge < -0.3 is 34.3 Å². The normalized spacial score (nSPS) is 24.5. The average Bonchev–Trinajstić information content (AvgIpc) is 3.58. The highest BCUT2D eigenvalue weighted by Crippen LogP contribution is 2.50. The number of hydrogen-bond acceptors (Lipinski definition) is 9. The summed E-state index contributed by atoms with van der Waals surface area (Å²) in [7, 11) is 0. The first-order valence-electron chi connectivity index (χ1n) is 17.0. The zero-order valence-electron chi connectivity index (χ0n) is 26.6. The van der Waals surface area contributed by atoms with Gasteiger partial charge in [-0.15, -0.1) is 6.42 Å². The van der Waals surface area contributed by atoms with E-state index in [0.29, 0.717) is 63.4 Å². The number of imidazole rings is 1. The number of rotatable bonds is 8. The number of terminal acetylenes is 1. The van der Waals surface area contributed by atoms with Gasteiger partial charge in [0.15, 0.2) is 11.2 Å². The molecule has 10 nitrogen and oxygen atoms in total. The second-order valence-corrected chi connectivity index (χ2v) is 14.7. The van der Waals surface area contributed by atoms with E-state index in [1.807, 2.05) is 4.57 Å². The third-order valence-corrected chi connectivity index (χ3v) is 11.2. The van der Waals surface area contributed by atoms with Gasteiger partial charge in [0.05, 0.1) is 25.0 Å². The Labute approximate surface area is 273 Å². The van der Waals surface area contributed by atoms with Crippen LogP contribution in [0.15, 0.2) is 30.6 Å². The van der Waals surface area contributed by atoms with Crippen molar-refractivity contribution in [1.29, 1.82) is 0 Å². The molecule has 4 aliphatic heterocycles. The zero-order valence-corrected chi connectivity index (χ0v) is 26.6. The van der Waals surface area contributed by atoms with E-state index in [4.69, 9.17) is 30.8 Å². The van der Waals surface area contributed by atoms with Gasteiger partial charge >= 0.3 is 0 Å². The predicted molar refractivity (Wildman–Crippen MR) is 176 cm³/mol. The fraction of sp³-hybridized carbons (Fsp3) is 0.528. The van der Waals surface area contributed by atoms with E-state index in [9.17, 15) is 9.50 Å². The Bertz CT molecular complexity index is 1890. The van der Waals surface area contributed by atoms with Gasteiger partial charge in [-0.2, -0.15) is 9.97 Å². The SMILES string of the molecule is C#Cc1c(F)ccc2cc(O)cc(Cn3cnc4c(OCC5(CN6CC7(CCOCC7)C6)CC5)nc(N5C[C@H]6CC[C@@H](C5)N6)nc43)c12. The lowest BCUT2D eigenvalue weighted by Gasteiger charge is -2.53. The van der Waals surface area contributed by atoms with Gasteiger partial charge in [-0.3, -0.25) is 0 Å². The number of nitrogens with one attached hydrogen (secondary N) is 1. The Hall–Kier alpha value is -3.98. The fourth-order valence-electron chi connectivity index (χ4n) is 8.54. The minimum Gasteiger partial charge on any atom is -0.508 e. The molecule has 9 rings (SSSR count). The van der Waals surface area contributed by atoms with E-state index in [2.05, 4.69) is 21.0 Å². The summed E-state index contributed by atoms with van der Waals surface area (Å²) in [6.07, 6.45) is 14.4. The van der Waals surface area contributed by atoms with Crippen LogP contribution in [0.1, 0.15) is 49.7 Å². The molecule has 1 aliphatic carbocycles. The summed E-state index contributed by atoms with van der Waals surface area (Å²) in [5.41, 5.74) is 2.68. The largest absolute Gasteiger partial charge is 0.508 e. The lowest BCUT2D eigenvalue weighted by molar-refractivity contribution is -0.0883. The minimum absolute atomic E-state index is 0.0850. The van der Waals surface area contributed by atoms with Crippen molar-refractivity contribution in [2.75, 3.05) is 57.4 Å². The smallest absolute Gasteiger partial charge is 0.247 e. The summed E-state index contributed by atoms with van der Waals surface area (Å²) >= 11 is 0. The van der Waals surface area contributed by atoms with Crippen LogP contribution in [-0.2, 0) is 11.3 Å². The number of halogens is 1. The maximum atomic E-state index is 14.8. The van der Waals surface area contributed by atoms with E-state index in [1.165, 1.54) is 18.9 Å². The molecule has 2 atom stereocenters. The predicted octanol–water partition coefficient (Wildman–Crippen LogP) is 4.07. The molecule has 47 heavy (non-hydrogen) atoms. The Morgan fingerprint density at radius 3 is 2.62 bits per heavy atom. The van der Waals surface area contributed by atoms with Crippen molar-refractivity contribution < 1.29 is 19.0 Å². The maximum absolute atomic E-state index is 14.8. The number of likely N-dealkylation sites (tertiary alicyclic amines) is 1. The van der Waals surface area contributed by atoms with E-state index >= 15 is 0 Å². The van der Waals surface area contributed by atoms with Crippen molar-refractivity contribution in [3.05, 3.63) is 47.5 Å². The van der Waals surface area contributed by atoms with Crippen LogP contribution >= 0.6 is 0 Å². The number of phenolic OH excluding ortho intramolecular Hbond substituents is 1. The quantitative estimate of drug-likeness (QED) is 0.277. The molecule has 244 valence electrons. The number of fused-ring (bicyclic) bond motifs is 4. The first-order chi connectivity index (χ1) is 22.9. The number of hydrogen-bond donors (Lipinski definition) is 2. The van der Waals surface area contributed by atoms with Gasteiger partial charge in [-0.05, 0) is 67.7 Å². The summed E-state index contributed by atoms with van der Waals surface area (Å²) in [5.74, 6) is 3.27. The number of nitrogens with zero attached hydrogens (tertiary/aromatic N) is 6. The topological polar surface area (TPSA) is 101 Å². The van der Waals surface area contributed by atoms with Gasteiger partial charge in [-0.1, -0.05) is 12.0 Å². The molecule has 2 aromatic carbocycles. The molecule has 2 N–H and O–H groups in total. The van der Waals surface area contributed by atoms with Crippen LogP contribution in [0.2, 0.25) is 0 Å². The fourth-order valence-corrected chi connectivity index (χ4v) is 8.54. The number of anilines is 1. The molecular weight excluding hydrogens is 597 g/mol. The van der Waals surface area contributed by atoms with Crippen molar-refractivity contribution in [2.24, 2.45) is 10.8 Å². The molecule has 1 spiro atoms. The van der Waals surface area contributed by atoms with Crippen molar-refractivity contribution >= 4 is 27.9 Å². The van der Waals surface area contributed by atoms with Crippen LogP contribution < -0.4 is 15.0 Å². The van der Waals surface area contributed by atoms with Crippen LogP contribution in [0.4, 0.5) is 10.3 Å². The molecular formula is C36H40FN7O3. The first kappa shape index (κ1) is 29.2. The van der Waals surface area contributed by atoms with Crippen LogP contribution in [0.5, 0.6) is 11.6 Å². The molecule has 5 aliphatic rings. The standard InChI is InChI=1S/C36H40FN7O3/c1-2-28-29(37)6-3-23-13-27(45)14-24(30(23)28)15-44-22-38-31-32(44)40-34(43-16-25-4-5-26(17-43)39-25)41-33(31)47-21-36(7-8-36)20-42-18-35(19-42)9-11-46-12-10-35/h1,3,6,13-14,22,25-26,39,45H,4-5,7-12,15-21H2/t25-,26+. The lowest BCUT2D eigenvalue weighted by Crippen LogP contribution is -2.59. The third kappa shape index (κ3) is 5.27. The highest BCUT2D eigenvalue weighted by atomic mass is 19.1. The molecule has 0 amide bonds. The maximum Gasteiger partial charge on any atom is 0.247 e. The van der Waals surface area contributed by atoms with Crippen LogP contribution in [0.25, 0.3) is 21.9 Å². The first-order valence-corrected chi connectivity index (χ1v) is 17.0. The second kappa shape index (κ2) is 11.0. The summed E-state index contributed by atoms with van der Waals surface area (Å²) < 4.78 is 29.0. The van der Waals surface area contributed by atoms with Gasteiger partial charge in [0.1, 0.15) is 11.6 Å². The molecule has 2 bridgehead atoms. The minimum atomic E-state index is -0.466. The van der Waals surface area contributed by atoms with E-state index in [0.717, 1.165) is 71.6 Å². The molecule has 0 unspecified atom stereocenters. The lowest BCUT2D eigenvalue weighted by atomic mass is 9.73. The third-order valence-electron chi connectivity index (χ3n) is 11.2. The van der Waals surface area contributed by atoms with Crippen molar-refractivity contribution in [2.45, 2.75) is 57.2 Å². The number of phenols is 1. The zero-order chi connectivity index (χ0) is 31.8. The van der Waals surface area contributed by atoms with Gasteiger partial charge in [-0.25, -0.2) is 9.37 Å². The number of aromatic hydroxyl groups is 1. The highest BCUT2D eigenvalue weighted by Gasteiger charge is 2.51. The highest BCUT2D eigenvalue weighted by molar-refractivity contribution is 5.92. The molecule has 5 fully saturated rings. The average molecular weight is 638 g/mol. The molecule has 4 aromatic rings. The summed E-state index contributed by atoms with van der Waals surface area (Å²) in [6.45, 7) is 7.69. The number of aromatic nitrogens is 4. The Morgan fingerprint density at radius 2 is 1.87 bits per heavy atom. The van der Waals surface area contributed by atoms with Crippen molar-refractivity contribution in [3.63, 3.8) is 0 Å². The molecule has 6 heterocycles. The summed E-state index contributed by atoms with van der Waals surface area (Å²) in [5, 5.41) is 15.5. The summed E-state index contributed by atoms with van der Waals surface area (Å²) in [4.78, 5) is 19.7. The number of piperazine rings is 1. The van der Waals surface area contributed by atoms with E-state index < -0.39 is 5.82 Å². The second-order valence-electron chi connectivity index (χ2n) is 14.7. The van der Waals surface area contributed by atoms with Crippen molar-refractivity contribution in [1.82, 2.24) is 29.7 Å². The van der Waals surface area contributed by atoms with E-state index in [-0.39, 0.29) is 23.3 Å². The summed E-state index contributed by atoms with van der Waals surface area (Å²) in [6, 6.07) is 7.07. The number of benzene rings is 2. The van der Waals surface area contributed by atoms with Gasteiger partial charge in [0.25, 0.3) is 0 Å². The van der Waals surface area contributed by atoms with Crippen molar-refractivity contribution in [3.8, 4) is 24.0 Å². The van der Waals surface area contributed by atoms with Crippen LogP contribution in [0, 0.1) is 29.0 Å². The van der Waals surface area contributed by atoms with Crippen LogP contribution in [-0.4, -0.2) is 94.2 Å². The van der Waals surface area contributed by atoms with Crippen LogP contribution in [0.3, 0.4) is 0 Å². The molecule has 4 saturated heterocycles.